The molecule has 0 amide bonds. The maximum atomic E-state index is 13.1. The smallest absolute Gasteiger partial charge is 0.297 e. The molecule has 0 fully saturated rings. The molecule has 2 heterocycles. The van der Waals surface area contributed by atoms with Crippen LogP contribution >= 0.6 is 11.3 Å². The van der Waals surface area contributed by atoms with Gasteiger partial charge in [0.05, 0.1) is 17.8 Å². The summed E-state index contributed by atoms with van der Waals surface area (Å²) in [5, 5.41) is 2.64. The van der Waals surface area contributed by atoms with Gasteiger partial charge in [0.1, 0.15) is 5.01 Å². The first-order valence-electron chi connectivity index (χ1n) is 9.05. The van der Waals surface area contributed by atoms with E-state index in [-0.39, 0.29) is 29.3 Å². The topological polar surface area (TPSA) is 56.9 Å². The van der Waals surface area contributed by atoms with Crippen LogP contribution in [-0.2, 0) is 12.0 Å². The average Bonchev–Trinajstić information content (AvgIpc) is 3.09. The summed E-state index contributed by atoms with van der Waals surface area (Å²) in [4.78, 5) is 30.7. The van der Waals surface area contributed by atoms with Crippen molar-refractivity contribution in [1.82, 2.24) is 14.1 Å². The average molecular weight is 384 g/mol. The Kier molecular flexibility index (Phi) is 5.20. The van der Waals surface area contributed by atoms with E-state index in [9.17, 15) is 9.59 Å². The molecule has 3 rings (SSSR count). The summed E-state index contributed by atoms with van der Waals surface area (Å²) in [7, 11) is 0. The molecule has 0 saturated heterocycles. The van der Waals surface area contributed by atoms with Crippen LogP contribution in [0, 0.1) is 0 Å². The highest BCUT2D eigenvalue weighted by Gasteiger charge is 2.21. The van der Waals surface area contributed by atoms with E-state index >= 15 is 0 Å². The van der Waals surface area contributed by atoms with Gasteiger partial charge in [-0.2, -0.15) is 0 Å². The number of rotatable bonds is 4. The Morgan fingerprint density at radius 1 is 1.11 bits per heavy atom. The van der Waals surface area contributed by atoms with Gasteiger partial charge in [-0.1, -0.05) is 51.1 Å². The molecule has 1 aromatic carbocycles. The fraction of sp³-hybridized carbons (Fsp3) is 0.381. The zero-order chi connectivity index (χ0) is 19.8. The van der Waals surface area contributed by atoms with Crippen LogP contribution in [0.3, 0.4) is 0 Å². The molecule has 3 aromatic rings. The van der Waals surface area contributed by atoms with E-state index in [0.29, 0.717) is 10.6 Å². The van der Waals surface area contributed by atoms with Crippen LogP contribution in [0.5, 0.6) is 0 Å². The minimum atomic E-state index is -0.296. The number of aromatic nitrogens is 3. The van der Waals surface area contributed by atoms with Gasteiger partial charge in [-0.3, -0.25) is 13.9 Å². The second kappa shape index (κ2) is 7.27. The molecule has 2 aromatic heterocycles. The van der Waals surface area contributed by atoms with Crippen molar-refractivity contribution in [3.8, 4) is 10.6 Å². The van der Waals surface area contributed by atoms with Crippen molar-refractivity contribution in [3.05, 3.63) is 74.0 Å². The van der Waals surface area contributed by atoms with Gasteiger partial charge >= 0.3 is 5.69 Å². The van der Waals surface area contributed by atoms with Gasteiger partial charge in [-0.25, -0.2) is 9.78 Å². The molecule has 0 unspecified atom stereocenters. The molecule has 0 radical (unpaired) electrons. The van der Waals surface area contributed by atoms with Crippen molar-refractivity contribution in [2.24, 2.45) is 0 Å². The second-order valence-electron chi connectivity index (χ2n) is 7.99. The Labute approximate surface area is 163 Å². The maximum absolute atomic E-state index is 13.1. The molecular weight excluding hydrogens is 358 g/mol. The lowest BCUT2D eigenvalue weighted by Crippen LogP contribution is -2.41. The van der Waals surface area contributed by atoms with E-state index in [1.807, 2.05) is 49.6 Å². The van der Waals surface area contributed by atoms with Crippen LogP contribution in [0.25, 0.3) is 10.6 Å². The van der Waals surface area contributed by atoms with Crippen LogP contribution in [0.1, 0.15) is 51.9 Å². The standard InChI is InChI=1S/C21H25N3O2S/c1-14(2)23-12-16(18-22-17(13-27-18)21(3,4)5)19(25)24(20(23)26)11-15-9-7-6-8-10-15/h6-10,12-14H,11H2,1-5H3. The molecule has 0 N–H and O–H groups in total. The molecule has 142 valence electrons. The van der Waals surface area contributed by atoms with Crippen LogP contribution < -0.4 is 11.2 Å². The Hall–Kier alpha value is -2.47. The van der Waals surface area contributed by atoms with E-state index in [2.05, 4.69) is 25.8 Å². The van der Waals surface area contributed by atoms with Crippen molar-refractivity contribution in [2.75, 3.05) is 0 Å². The number of hydrogen-bond donors (Lipinski definition) is 0. The molecule has 5 nitrogen and oxygen atoms in total. The van der Waals surface area contributed by atoms with Gasteiger partial charge < -0.3 is 0 Å². The van der Waals surface area contributed by atoms with E-state index in [4.69, 9.17) is 0 Å². The minimum Gasteiger partial charge on any atom is -0.297 e. The normalized spacial score (nSPS) is 11.9. The minimum absolute atomic E-state index is 0.0547. The molecule has 27 heavy (non-hydrogen) atoms. The zero-order valence-electron chi connectivity index (χ0n) is 16.4. The molecule has 6 heteroatoms. The summed E-state index contributed by atoms with van der Waals surface area (Å²) in [5.41, 5.74) is 1.65. The first kappa shape index (κ1) is 19.3. The SMILES string of the molecule is CC(C)n1cc(-c2nc(C(C)(C)C)cs2)c(=O)n(Cc2ccccc2)c1=O. The first-order chi connectivity index (χ1) is 12.7. The Bertz CT molecular complexity index is 1050. The predicted octanol–water partition coefficient (Wildman–Crippen LogP) is 4.06. The summed E-state index contributed by atoms with van der Waals surface area (Å²) < 4.78 is 2.92. The van der Waals surface area contributed by atoms with Gasteiger partial charge in [0.25, 0.3) is 5.56 Å². The third-order valence-electron chi connectivity index (χ3n) is 4.44. The Balaban J connectivity index is 2.19. The summed E-state index contributed by atoms with van der Waals surface area (Å²) in [6, 6.07) is 9.50. The van der Waals surface area contributed by atoms with E-state index in [1.54, 1.807) is 10.8 Å². The molecule has 0 atom stereocenters. The predicted molar refractivity (Wildman–Crippen MR) is 111 cm³/mol. The van der Waals surface area contributed by atoms with Crippen LogP contribution in [-0.4, -0.2) is 14.1 Å². The highest BCUT2D eigenvalue weighted by Crippen LogP contribution is 2.28. The summed E-state index contributed by atoms with van der Waals surface area (Å²) in [5.74, 6) is 0. The maximum Gasteiger partial charge on any atom is 0.331 e. The fourth-order valence-corrected chi connectivity index (χ4v) is 3.83. The zero-order valence-corrected chi connectivity index (χ0v) is 17.2. The van der Waals surface area contributed by atoms with Crippen molar-refractivity contribution >= 4 is 11.3 Å². The summed E-state index contributed by atoms with van der Waals surface area (Å²) >= 11 is 1.45. The lowest BCUT2D eigenvalue weighted by atomic mass is 9.93. The fourth-order valence-electron chi connectivity index (χ4n) is 2.79. The van der Waals surface area contributed by atoms with Gasteiger partial charge in [-0.05, 0) is 19.4 Å². The van der Waals surface area contributed by atoms with E-state index in [1.165, 1.54) is 15.9 Å². The molecule has 0 saturated carbocycles. The lowest BCUT2D eigenvalue weighted by Gasteiger charge is -2.16. The van der Waals surface area contributed by atoms with E-state index in [0.717, 1.165) is 11.3 Å². The number of thiazole rings is 1. The third kappa shape index (κ3) is 3.95. The summed E-state index contributed by atoms with van der Waals surface area (Å²) in [6.45, 7) is 10.4. The Morgan fingerprint density at radius 2 is 1.78 bits per heavy atom. The summed E-state index contributed by atoms with van der Waals surface area (Å²) in [6.07, 6.45) is 1.65. The van der Waals surface area contributed by atoms with Crippen LogP contribution in [0.2, 0.25) is 0 Å². The molecule has 0 bridgehead atoms. The first-order valence-corrected chi connectivity index (χ1v) is 9.92. The molecule has 0 aliphatic rings. The van der Waals surface area contributed by atoms with Gasteiger partial charge in [0.2, 0.25) is 0 Å². The molecule has 0 spiro atoms. The van der Waals surface area contributed by atoms with Crippen LogP contribution in [0.15, 0.2) is 51.5 Å². The largest absolute Gasteiger partial charge is 0.331 e. The number of benzene rings is 1. The quantitative estimate of drug-likeness (QED) is 0.683. The van der Waals surface area contributed by atoms with Gasteiger partial charge in [0.15, 0.2) is 0 Å². The van der Waals surface area contributed by atoms with E-state index < -0.39 is 0 Å². The molecule has 0 aliphatic heterocycles. The number of nitrogens with zero attached hydrogens (tertiary/aromatic N) is 3. The van der Waals surface area contributed by atoms with Crippen molar-refractivity contribution in [1.29, 1.82) is 0 Å². The number of hydrogen-bond acceptors (Lipinski definition) is 4. The van der Waals surface area contributed by atoms with Gasteiger partial charge in [-0.15, -0.1) is 11.3 Å². The lowest BCUT2D eigenvalue weighted by molar-refractivity contribution is 0.522. The third-order valence-corrected chi connectivity index (χ3v) is 5.31. The van der Waals surface area contributed by atoms with Crippen molar-refractivity contribution < 1.29 is 0 Å². The highest BCUT2D eigenvalue weighted by molar-refractivity contribution is 7.13. The van der Waals surface area contributed by atoms with Crippen molar-refractivity contribution in [3.63, 3.8) is 0 Å². The van der Waals surface area contributed by atoms with Crippen molar-refractivity contribution in [2.45, 2.75) is 52.6 Å². The van der Waals surface area contributed by atoms with Gasteiger partial charge in [0, 0.05) is 23.0 Å². The highest BCUT2D eigenvalue weighted by atomic mass is 32.1. The monoisotopic (exact) mass is 383 g/mol. The molecular formula is C21H25N3O2S. The van der Waals surface area contributed by atoms with Crippen LogP contribution in [0.4, 0.5) is 0 Å². The Morgan fingerprint density at radius 3 is 2.33 bits per heavy atom. The molecule has 0 aliphatic carbocycles. The second-order valence-corrected chi connectivity index (χ2v) is 8.85.